The first-order valence-electron chi connectivity index (χ1n) is 7.76. The van der Waals surface area contributed by atoms with Gasteiger partial charge >= 0.3 is 0 Å². The van der Waals surface area contributed by atoms with Crippen LogP contribution >= 0.6 is 0 Å². The van der Waals surface area contributed by atoms with Crippen LogP contribution in [0.1, 0.15) is 58.8 Å². The Hall–Kier alpha value is -0.570. The van der Waals surface area contributed by atoms with Gasteiger partial charge in [-0.2, -0.15) is 0 Å². The molecular formula is C15H28N2O. The second kappa shape index (κ2) is 6.55. The normalized spacial score (nSPS) is 31.2. The SMILES string of the molecule is CCC(NC(=O)C1NCCC1C)C1CCCCC1. The lowest BCUT2D eigenvalue weighted by molar-refractivity contribution is -0.124. The summed E-state index contributed by atoms with van der Waals surface area (Å²) in [6, 6.07) is 0.440. The molecule has 2 aliphatic rings. The molecular weight excluding hydrogens is 224 g/mol. The molecule has 1 saturated heterocycles. The van der Waals surface area contributed by atoms with Gasteiger partial charge in [0.05, 0.1) is 6.04 Å². The summed E-state index contributed by atoms with van der Waals surface area (Å²) in [5.74, 6) is 1.43. The quantitative estimate of drug-likeness (QED) is 0.807. The standard InChI is InChI=1S/C15H28N2O/c1-3-13(12-7-5-4-6-8-12)17-15(18)14-11(2)9-10-16-14/h11-14,16H,3-10H2,1-2H3,(H,17,18). The molecule has 3 unspecified atom stereocenters. The van der Waals surface area contributed by atoms with Crippen molar-refractivity contribution < 1.29 is 4.79 Å². The third-order valence-electron chi connectivity index (χ3n) is 4.80. The van der Waals surface area contributed by atoms with Crippen LogP contribution in [-0.2, 0) is 4.79 Å². The van der Waals surface area contributed by atoms with Gasteiger partial charge in [-0.1, -0.05) is 33.1 Å². The lowest BCUT2D eigenvalue weighted by Gasteiger charge is -2.31. The summed E-state index contributed by atoms with van der Waals surface area (Å²) in [6.07, 6.45) is 8.85. The van der Waals surface area contributed by atoms with Gasteiger partial charge in [-0.15, -0.1) is 0 Å². The molecule has 0 radical (unpaired) electrons. The molecule has 3 nitrogen and oxygen atoms in total. The van der Waals surface area contributed by atoms with Gasteiger partial charge in [0.25, 0.3) is 0 Å². The average molecular weight is 252 g/mol. The first kappa shape index (κ1) is 13.9. The Kier molecular flexibility index (Phi) is 5.04. The molecule has 0 spiro atoms. The summed E-state index contributed by atoms with van der Waals surface area (Å²) in [7, 11) is 0. The van der Waals surface area contributed by atoms with Crippen molar-refractivity contribution in [1.82, 2.24) is 10.6 Å². The Morgan fingerprint density at radius 1 is 1.28 bits per heavy atom. The molecule has 104 valence electrons. The summed E-state index contributed by atoms with van der Waals surface area (Å²) in [5, 5.41) is 6.63. The molecule has 18 heavy (non-hydrogen) atoms. The van der Waals surface area contributed by atoms with Gasteiger partial charge in [-0.05, 0) is 44.1 Å². The Labute approximate surface area is 111 Å². The Morgan fingerprint density at radius 2 is 2.00 bits per heavy atom. The van der Waals surface area contributed by atoms with Crippen LogP contribution in [0.15, 0.2) is 0 Å². The van der Waals surface area contributed by atoms with Crippen molar-refractivity contribution in [2.75, 3.05) is 6.54 Å². The van der Waals surface area contributed by atoms with Gasteiger partial charge in [0.2, 0.25) is 5.91 Å². The molecule has 2 N–H and O–H groups in total. The summed E-state index contributed by atoms with van der Waals surface area (Å²) in [4.78, 5) is 12.3. The Balaban J connectivity index is 1.86. The van der Waals surface area contributed by atoms with E-state index in [0.29, 0.717) is 17.9 Å². The lowest BCUT2D eigenvalue weighted by atomic mass is 9.82. The van der Waals surface area contributed by atoms with Crippen molar-refractivity contribution in [1.29, 1.82) is 0 Å². The van der Waals surface area contributed by atoms with E-state index in [4.69, 9.17) is 0 Å². The molecule has 0 aromatic rings. The fourth-order valence-electron chi connectivity index (χ4n) is 3.55. The zero-order valence-corrected chi connectivity index (χ0v) is 11.9. The highest BCUT2D eigenvalue weighted by molar-refractivity contribution is 5.82. The van der Waals surface area contributed by atoms with Crippen LogP contribution in [0.5, 0.6) is 0 Å². The number of hydrogen-bond donors (Lipinski definition) is 2. The van der Waals surface area contributed by atoms with Crippen LogP contribution in [-0.4, -0.2) is 24.5 Å². The van der Waals surface area contributed by atoms with Gasteiger partial charge in [0, 0.05) is 6.04 Å². The summed E-state index contributed by atoms with van der Waals surface area (Å²) in [5.41, 5.74) is 0. The molecule has 1 aliphatic heterocycles. The van der Waals surface area contributed by atoms with Crippen molar-refractivity contribution in [3.05, 3.63) is 0 Å². The first-order chi connectivity index (χ1) is 8.72. The molecule has 1 aliphatic carbocycles. The predicted molar refractivity (Wildman–Crippen MR) is 74.4 cm³/mol. The maximum Gasteiger partial charge on any atom is 0.237 e. The molecule has 2 fully saturated rings. The zero-order chi connectivity index (χ0) is 13.0. The second-order valence-electron chi connectivity index (χ2n) is 6.12. The summed E-state index contributed by atoms with van der Waals surface area (Å²) < 4.78 is 0. The number of amides is 1. The number of hydrogen-bond acceptors (Lipinski definition) is 2. The van der Waals surface area contributed by atoms with Crippen LogP contribution in [0.4, 0.5) is 0 Å². The van der Waals surface area contributed by atoms with Gasteiger partial charge in [0.15, 0.2) is 0 Å². The monoisotopic (exact) mass is 252 g/mol. The fraction of sp³-hybridized carbons (Fsp3) is 0.933. The maximum atomic E-state index is 12.3. The Bertz CT molecular complexity index is 274. The number of rotatable bonds is 4. The maximum absolute atomic E-state index is 12.3. The van der Waals surface area contributed by atoms with E-state index in [9.17, 15) is 4.79 Å². The van der Waals surface area contributed by atoms with Crippen molar-refractivity contribution in [2.45, 2.75) is 70.9 Å². The molecule has 3 atom stereocenters. The molecule has 0 aromatic carbocycles. The van der Waals surface area contributed by atoms with E-state index in [1.54, 1.807) is 0 Å². The van der Waals surface area contributed by atoms with Crippen LogP contribution in [0.25, 0.3) is 0 Å². The van der Waals surface area contributed by atoms with Crippen molar-refractivity contribution >= 4 is 5.91 Å². The van der Waals surface area contributed by atoms with Crippen LogP contribution < -0.4 is 10.6 Å². The smallest absolute Gasteiger partial charge is 0.237 e. The van der Waals surface area contributed by atoms with E-state index >= 15 is 0 Å². The van der Waals surface area contributed by atoms with Gasteiger partial charge in [-0.25, -0.2) is 0 Å². The topological polar surface area (TPSA) is 41.1 Å². The summed E-state index contributed by atoms with van der Waals surface area (Å²) >= 11 is 0. The second-order valence-corrected chi connectivity index (χ2v) is 6.12. The van der Waals surface area contributed by atoms with Crippen LogP contribution in [0.2, 0.25) is 0 Å². The average Bonchev–Trinajstić information content (AvgIpc) is 2.83. The van der Waals surface area contributed by atoms with Crippen LogP contribution in [0, 0.1) is 11.8 Å². The van der Waals surface area contributed by atoms with Crippen LogP contribution in [0.3, 0.4) is 0 Å². The predicted octanol–water partition coefficient (Wildman–Crippen LogP) is 2.46. The number of nitrogens with one attached hydrogen (secondary N) is 2. The van der Waals surface area contributed by atoms with Crippen molar-refractivity contribution in [3.8, 4) is 0 Å². The highest BCUT2D eigenvalue weighted by atomic mass is 16.2. The van der Waals surface area contributed by atoms with E-state index in [2.05, 4.69) is 24.5 Å². The van der Waals surface area contributed by atoms with E-state index in [-0.39, 0.29) is 11.9 Å². The Morgan fingerprint density at radius 3 is 2.56 bits per heavy atom. The first-order valence-corrected chi connectivity index (χ1v) is 7.76. The molecule has 1 heterocycles. The highest BCUT2D eigenvalue weighted by Crippen LogP contribution is 2.28. The van der Waals surface area contributed by atoms with Gasteiger partial charge in [-0.3, -0.25) is 4.79 Å². The van der Waals surface area contributed by atoms with Crippen molar-refractivity contribution in [2.24, 2.45) is 11.8 Å². The molecule has 1 saturated carbocycles. The van der Waals surface area contributed by atoms with Crippen molar-refractivity contribution in [3.63, 3.8) is 0 Å². The largest absolute Gasteiger partial charge is 0.352 e. The third-order valence-corrected chi connectivity index (χ3v) is 4.80. The van der Waals surface area contributed by atoms with E-state index < -0.39 is 0 Å². The number of carbonyl (C=O) groups excluding carboxylic acids is 1. The van der Waals surface area contributed by atoms with Gasteiger partial charge < -0.3 is 10.6 Å². The van der Waals surface area contributed by atoms with E-state index in [1.165, 1.54) is 32.1 Å². The minimum absolute atomic E-state index is 0.0441. The zero-order valence-electron chi connectivity index (χ0n) is 11.9. The molecule has 1 amide bonds. The number of carbonyl (C=O) groups is 1. The molecule has 0 bridgehead atoms. The molecule has 2 rings (SSSR count). The molecule has 3 heteroatoms. The fourth-order valence-corrected chi connectivity index (χ4v) is 3.55. The minimum atomic E-state index is 0.0441. The summed E-state index contributed by atoms with van der Waals surface area (Å²) in [6.45, 7) is 5.36. The highest BCUT2D eigenvalue weighted by Gasteiger charge is 2.32. The third kappa shape index (κ3) is 3.25. The van der Waals surface area contributed by atoms with E-state index in [0.717, 1.165) is 19.4 Å². The van der Waals surface area contributed by atoms with Gasteiger partial charge in [0.1, 0.15) is 0 Å². The van der Waals surface area contributed by atoms with E-state index in [1.807, 2.05) is 0 Å². The minimum Gasteiger partial charge on any atom is -0.352 e. The molecule has 0 aromatic heterocycles. The lowest BCUT2D eigenvalue weighted by Crippen LogP contribution is -2.49.